The summed E-state index contributed by atoms with van der Waals surface area (Å²) >= 11 is 0. The Balaban J connectivity index is 2.71. The van der Waals surface area contributed by atoms with E-state index in [0.29, 0.717) is 0 Å². The number of hydrogen-bond acceptors (Lipinski definition) is 1. The first-order chi connectivity index (χ1) is 6.24. The number of nitrogens with two attached hydrogens (primary N) is 1. The van der Waals surface area contributed by atoms with E-state index in [0.717, 1.165) is 18.4 Å². The highest BCUT2D eigenvalue weighted by atomic mass is 14.6. The Morgan fingerprint density at radius 2 is 2.15 bits per heavy atom. The standard InChI is InChI=1S/C12H15N/c1-3-11-6-4-5-7-12(11)9-8-10(2)13/h1,4-7,10H,8-9,13H2,2H3/t10-/m0/s1. The molecule has 0 spiro atoms. The summed E-state index contributed by atoms with van der Waals surface area (Å²) in [5, 5.41) is 0. The highest BCUT2D eigenvalue weighted by Crippen LogP contribution is 2.10. The van der Waals surface area contributed by atoms with Crippen molar-refractivity contribution in [1.29, 1.82) is 0 Å². The Kier molecular flexibility index (Phi) is 3.54. The number of rotatable bonds is 3. The third-order valence-corrected chi connectivity index (χ3v) is 2.04. The van der Waals surface area contributed by atoms with E-state index in [9.17, 15) is 0 Å². The summed E-state index contributed by atoms with van der Waals surface area (Å²) < 4.78 is 0. The van der Waals surface area contributed by atoms with Crippen LogP contribution in [0.4, 0.5) is 0 Å². The second kappa shape index (κ2) is 4.69. The van der Waals surface area contributed by atoms with Crippen molar-refractivity contribution in [3.63, 3.8) is 0 Å². The van der Waals surface area contributed by atoms with Gasteiger partial charge in [-0.25, -0.2) is 0 Å². The van der Waals surface area contributed by atoms with Gasteiger partial charge in [0.05, 0.1) is 0 Å². The van der Waals surface area contributed by atoms with Crippen molar-refractivity contribution in [2.24, 2.45) is 5.73 Å². The number of aryl methyl sites for hydroxylation is 1. The molecule has 0 aromatic heterocycles. The van der Waals surface area contributed by atoms with Crippen LogP contribution in [-0.4, -0.2) is 6.04 Å². The fourth-order valence-electron chi connectivity index (χ4n) is 1.26. The van der Waals surface area contributed by atoms with Gasteiger partial charge >= 0.3 is 0 Å². The Labute approximate surface area is 80.0 Å². The van der Waals surface area contributed by atoms with E-state index >= 15 is 0 Å². The average Bonchev–Trinajstić information content (AvgIpc) is 2.15. The number of hydrogen-bond donors (Lipinski definition) is 1. The largest absolute Gasteiger partial charge is 0.328 e. The summed E-state index contributed by atoms with van der Waals surface area (Å²) in [7, 11) is 0. The third kappa shape index (κ3) is 2.93. The molecule has 2 N–H and O–H groups in total. The molecule has 0 unspecified atom stereocenters. The zero-order valence-corrected chi connectivity index (χ0v) is 7.96. The summed E-state index contributed by atoms with van der Waals surface area (Å²) in [6, 6.07) is 8.25. The van der Waals surface area contributed by atoms with Gasteiger partial charge in [0.1, 0.15) is 0 Å². The summed E-state index contributed by atoms with van der Waals surface area (Å²) in [5.74, 6) is 2.68. The van der Waals surface area contributed by atoms with Gasteiger partial charge in [0.2, 0.25) is 0 Å². The number of benzene rings is 1. The van der Waals surface area contributed by atoms with Gasteiger partial charge < -0.3 is 5.73 Å². The monoisotopic (exact) mass is 173 g/mol. The molecule has 1 atom stereocenters. The molecule has 0 saturated carbocycles. The van der Waals surface area contributed by atoms with Crippen LogP contribution in [0, 0.1) is 12.3 Å². The van der Waals surface area contributed by atoms with Crippen LogP contribution in [0.15, 0.2) is 24.3 Å². The molecule has 1 nitrogen and oxygen atoms in total. The zero-order chi connectivity index (χ0) is 9.68. The van der Waals surface area contributed by atoms with E-state index in [1.807, 2.05) is 25.1 Å². The highest BCUT2D eigenvalue weighted by Gasteiger charge is 2.00. The minimum Gasteiger partial charge on any atom is -0.328 e. The summed E-state index contributed by atoms with van der Waals surface area (Å²) in [4.78, 5) is 0. The topological polar surface area (TPSA) is 26.0 Å². The molecule has 0 aliphatic heterocycles. The Bertz CT molecular complexity index is 307. The molecule has 68 valence electrons. The van der Waals surface area contributed by atoms with E-state index < -0.39 is 0 Å². The molecule has 0 aliphatic rings. The highest BCUT2D eigenvalue weighted by molar-refractivity contribution is 5.39. The molecule has 1 heteroatoms. The van der Waals surface area contributed by atoms with Gasteiger partial charge in [0.15, 0.2) is 0 Å². The maximum Gasteiger partial charge on any atom is 0.0274 e. The van der Waals surface area contributed by atoms with Crippen molar-refractivity contribution in [2.75, 3.05) is 0 Å². The maximum atomic E-state index is 5.68. The van der Waals surface area contributed by atoms with Crippen LogP contribution in [-0.2, 0) is 6.42 Å². The first-order valence-corrected chi connectivity index (χ1v) is 4.54. The van der Waals surface area contributed by atoms with Crippen LogP contribution < -0.4 is 5.73 Å². The molecule has 0 radical (unpaired) electrons. The van der Waals surface area contributed by atoms with Crippen LogP contribution in [0.5, 0.6) is 0 Å². The van der Waals surface area contributed by atoms with Gasteiger partial charge in [-0.2, -0.15) is 0 Å². The summed E-state index contributed by atoms with van der Waals surface area (Å²) in [6.45, 7) is 2.01. The van der Waals surface area contributed by atoms with Crippen molar-refractivity contribution >= 4 is 0 Å². The van der Waals surface area contributed by atoms with Crippen molar-refractivity contribution in [1.82, 2.24) is 0 Å². The van der Waals surface area contributed by atoms with Gasteiger partial charge in [0.25, 0.3) is 0 Å². The van der Waals surface area contributed by atoms with E-state index in [-0.39, 0.29) is 6.04 Å². The molecule has 0 saturated heterocycles. The molecule has 0 heterocycles. The van der Waals surface area contributed by atoms with Crippen LogP contribution in [0.3, 0.4) is 0 Å². The van der Waals surface area contributed by atoms with E-state index in [2.05, 4.69) is 12.0 Å². The predicted molar refractivity (Wildman–Crippen MR) is 56.3 cm³/mol. The molecule has 0 bridgehead atoms. The van der Waals surface area contributed by atoms with E-state index in [1.165, 1.54) is 5.56 Å². The van der Waals surface area contributed by atoms with Crippen molar-refractivity contribution in [2.45, 2.75) is 25.8 Å². The molecule has 0 aliphatic carbocycles. The fraction of sp³-hybridized carbons (Fsp3) is 0.333. The molecule has 0 fully saturated rings. The molecular formula is C12H15N. The fourth-order valence-corrected chi connectivity index (χ4v) is 1.26. The second-order valence-electron chi connectivity index (χ2n) is 3.32. The van der Waals surface area contributed by atoms with Crippen LogP contribution in [0.1, 0.15) is 24.5 Å². The lowest BCUT2D eigenvalue weighted by molar-refractivity contribution is 0.665. The lowest BCUT2D eigenvalue weighted by Gasteiger charge is -2.06. The average molecular weight is 173 g/mol. The Hall–Kier alpha value is -1.26. The van der Waals surface area contributed by atoms with Crippen molar-refractivity contribution in [3.05, 3.63) is 35.4 Å². The molecule has 0 amide bonds. The Morgan fingerprint density at radius 3 is 2.77 bits per heavy atom. The Morgan fingerprint density at radius 1 is 1.46 bits per heavy atom. The van der Waals surface area contributed by atoms with Gasteiger partial charge in [0, 0.05) is 11.6 Å². The van der Waals surface area contributed by atoms with Crippen molar-refractivity contribution in [3.8, 4) is 12.3 Å². The molecule has 1 rings (SSSR count). The molecule has 1 aromatic rings. The van der Waals surface area contributed by atoms with Crippen LogP contribution in [0.25, 0.3) is 0 Å². The SMILES string of the molecule is C#Cc1ccccc1CC[C@H](C)N. The smallest absolute Gasteiger partial charge is 0.0274 e. The van der Waals surface area contributed by atoms with E-state index in [1.54, 1.807) is 0 Å². The van der Waals surface area contributed by atoms with Gasteiger partial charge in [-0.15, -0.1) is 6.42 Å². The van der Waals surface area contributed by atoms with Crippen molar-refractivity contribution < 1.29 is 0 Å². The minimum atomic E-state index is 0.242. The lowest BCUT2D eigenvalue weighted by Crippen LogP contribution is -2.15. The summed E-state index contributed by atoms with van der Waals surface area (Å²) in [5.41, 5.74) is 7.89. The second-order valence-corrected chi connectivity index (χ2v) is 3.32. The molecular weight excluding hydrogens is 158 g/mol. The first kappa shape index (κ1) is 9.83. The number of terminal acetylenes is 1. The predicted octanol–water partition coefficient (Wildman–Crippen LogP) is 1.95. The molecule has 13 heavy (non-hydrogen) atoms. The summed E-state index contributed by atoms with van der Waals surface area (Å²) in [6.07, 6.45) is 7.33. The quantitative estimate of drug-likeness (QED) is 0.695. The minimum absolute atomic E-state index is 0.242. The van der Waals surface area contributed by atoms with E-state index in [4.69, 9.17) is 12.2 Å². The van der Waals surface area contributed by atoms with Gasteiger partial charge in [-0.3, -0.25) is 0 Å². The normalized spacial score (nSPS) is 12.1. The molecule has 1 aromatic carbocycles. The third-order valence-electron chi connectivity index (χ3n) is 2.04. The maximum absolute atomic E-state index is 5.68. The first-order valence-electron chi connectivity index (χ1n) is 4.54. The van der Waals surface area contributed by atoms with Gasteiger partial charge in [-0.05, 0) is 31.4 Å². The van der Waals surface area contributed by atoms with Crippen LogP contribution >= 0.6 is 0 Å². The zero-order valence-electron chi connectivity index (χ0n) is 7.96. The van der Waals surface area contributed by atoms with Crippen LogP contribution in [0.2, 0.25) is 0 Å². The van der Waals surface area contributed by atoms with Gasteiger partial charge in [-0.1, -0.05) is 24.1 Å². The lowest BCUT2D eigenvalue weighted by atomic mass is 10.0.